The molecule has 1 N–H and O–H groups in total. The van der Waals surface area contributed by atoms with Gasteiger partial charge in [-0.15, -0.1) is 23.5 Å². The smallest absolute Gasteiger partial charge is 0.192 e. The average molecular weight is 853 g/mol. The van der Waals surface area contributed by atoms with Crippen LogP contribution in [-0.2, 0) is 42.0 Å². The molecular formula is C41H80O10S2Si2. The van der Waals surface area contributed by atoms with Crippen molar-refractivity contribution in [2.24, 2.45) is 0 Å². The molecule has 0 aromatic heterocycles. The topological polar surface area (TPSA) is 103 Å². The van der Waals surface area contributed by atoms with Crippen molar-refractivity contribution >= 4 is 40.2 Å². The minimum absolute atomic E-state index is 0.0584. The summed E-state index contributed by atoms with van der Waals surface area (Å²) in [6, 6.07) is 3.27. The Morgan fingerprint density at radius 1 is 0.909 bits per heavy atom. The summed E-state index contributed by atoms with van der Waals surface area (Å²) in [6.45, 7) is 24.6. The Morgan fingerprint density at radius 2 is 1.55 bits per heavy atom. The van der Waals surface area contributed by atoms with Crippen LogP contribution in [0.5, 0.6) is 0 Å². The van der Waals surface area contributed by atoms with Crippen molar-refractivity contribution in [3.05, 3.63) is 0 Å². The van der Waals surface area contributed by atoms with E-state index in [2.05, 4.69) is 68.5 Å². The number of rotatable bonds is 20. The fourth-order valence-corrected chi connectivity index (χ4v) is 16.2. The van der Waals surface area contributed by atoms with Gasteiger partial charge in [-0.05, 0) is 107 Å². The second-order valence-corrected chi connectivity index (χ2v) is 31.1. The number of hydrogen-bond donors (Lipinski definition) is 1. The minimum atomic E-state index is -2.02. The van der Waals surface area contributed by atoms with E-state index in [9.17, 15) is 5.11 Å². The van der Waals surface area contributed by atoms with Crippen LogP contribution in [0.1, 0.15) is 113 Å². The third-order valence-corrected chi connectivity index (χ3v) is 26.4. The molecule has 14 heteroatoms. The number of thioether (sulfide) groups is 2. The molecule has 0 unspecified atom stereocenters. The number of ether oxygens (including phenoxy) is 7. The summed E-state index contributed by atoms with van der Waals surface area (Å²) in [5, 5.41) is 12.3. The zero-order valence-electron chi connectivity index (χ0n) is 36.7. The van der Waals surface area contributed by atoms with Gasteiger partial charge >= 0.3 is 0 Å². The first-order chi connectivity index (χ1) is 25.9. The molecule has 4 saturated heterocycles. The number of aliphatic hydroxyl groups is 1. The summed E-state index contributed by atoms with van der Waals surface area (Å²) < 4.78 is 57.8. The molecule has 55 heavy (non-hydrogen) atoms. The molecule has 0 aromatic carbocycles. The molecule has 10 nitrogen and oxygen atoms in total. The second-order valence-electron chi connectivity index (χ2n) is 18.5. The van der Waals surface area contributed by atoms with Crippen LogP contribution in [0.2, 0.25) is 36.3 Å². The maximum atomic E-state index is 12.2. The zero-order valence-corrected chi connectivity index (χ0v) is 40.3. The van der Waals surface area contributed by atoms with Gasteiger partial charge in [0, 0.05) is 33.7 Å². The minimum Gasteiger partial charge on any atom is -0.414 e. The Hall–Kier alpha value is 0.734. The second kappa shape index (κ2) is 21.0. The highest BCUT2D eigenvalue weighted by Crippen LogP contribution is 2.55. The standard InChI is InChI=1S/C41H80O10S2Si2/c1-13-55(14-2,15-3)51-31(28-47-54(11,12)38(4,5)6)27-41(52-24-17-25-53-41)37-32(42)26-36-40(8,50-37)22-20-33-34(49-36)19-21-39(7,46-30-44-10)35(48-33)18-16-23-45-29-43-9/h31-37,42H,13-30H2,1-12H3/t31-,32-,33-,34+,35+,36-,37-,39-,40+/m0/s1. The lowest BCUT2D eigenvalue weighted by molar-refractivity contribution is -0.242. The highest BCUT2D eigenvalue weighted by molar-refractivity contribution is 8.18. The van der Waals surface area contributed by atoms with E-state index in [0.717, 1.165) is 81.0 Å². The lowest BCUT2D eigenvalue weighted by Gasteiger charge is -2.54. The summed E-state index contributed by atoms with van der Waals surface area (Å²) in [7, 11) is -0.691. The van der Waals surface area contributed by atoms with Crippen LogP contribution in [-0.4, -0.2) is 132 Å². The van der Waals surface area contributed by atoms with E-state index in [1.54, 1.807) is 14.2 Å². The number of aliphatic hydroxyl groups excluding tert-OH is 1. The average Bonchev–Trinajstić information content (AvgIpc) is 3.37. The van der Waals surface area contributed by atoms with Crippen LogP contribution in [0.15, 0.2) is 0 Å². The molecule has 4 aliphatic heterocycles. The molecule has 0 radical (unpaired) electrons. The Kier molecular flexibility index (Phi) is 18.5. The Bertz CT molecular complexity index is 1130. The van der Waals surface area contributed by atoms with E-state index in [-0.39, 0.29) is 59.3 Å². The first kappa shape index (κ1) is 48.4. The van der Waals surface area contributed by atoms with Crippen molar-refractivity contribution in [1.82, 2.24) is 0 Å². The molecule has 324 valence electrons. The molecule has 0 aliphatic carbocycles. The summed E-state index contributed by atoms with van der Waals surface area (Å²) in [4.78, 5) is 0. The SMILES string of the molecule is CC[Si](CC)(CC)O[C@H](CO[Si](C)(C)C(C)(C)C)CC1([C@H]2O[C@]3(C)CC[C@@H]4O[C@H](CCCOCOC)[C@@](C)(OCOC)CC[C@H]4O[C@H]3C[C@@H]2O)SCCCS1. The van der Waals surface area contributed by atoms with Gasteiger partial charge < -0.3 is 47.1 Å². The Labute approximate surface area is 345 Å². The molecule has 9 atom stereocenters. The van der Waals surface area contributed by atoms with Crippen molar-refractivity contribution < 1.29 is 47.1 Å². The summed E-state index contributed by atoms with van der Waals surface area (Å²) in [6.07, 6.45) is 5.60. The van der Waals surface area contributed by atoms with Gasteiger partial charge in [0.25, 0.3) is 0 Å². The lowest BCUT2D eigenvalue weighted by Crippen LogP contribution is -2.62. The van der Waals surface area contributed by atoms with E-state index in [0.29, 0.717) is 19.6 Å². The third-order valence-electron chi connectivity index (χ3n) is 13.7. The van der Waals surface area contributed by atoms with E-state index < -0.39 is 33.9 Å². The molecule has 4 heterocycles. The maximum absolute atomic E-state index is 12.2. The van der Waals surface area contributed by atoms with E-state index in [4.69, 9.17) is 42.0 Å². The lowest BCUT2D eigenvalue weighted by atomic mass is 9.83. The van der Waals surface area contributed by atoms with Crippen LogP contribution in [0.4, 0.5) is 0 Å². The predicted octanol–water partition coefficient (Wildman–Crippen LogP) is 9.14. The normalized spacial score (nSPS) is 34.0. The highest BCUT2D eigenvalue weighted by Gasteiger charge is 2.58. The van der Waals surface area contributed by atoms with Crippen LogP contribution in [0.25, 0.3) is 0 Å². The van der Waals surface area contributed by atoms with Gasteiger partial charge in [-0.2, -0.15) is 0 Å². The molecule has 0 saturated carbocycles. The summed E-state index contributed by atoms with van der Waals surface area (Å²) >= 11 is 3.97. The van der Waals surface area contributed by atoms with Crippen LogP contribution in [0.3, 0.4) is 0 Å². The Morgan fingerprint density at radius 3 is 2.16 bits per heavy atom. The summed E-state index contributed by atoms with van der Waals surface area (Å²) in [5.41, 5.74) is -1.08. The first-order valence-electron chi connectivity index (χ1n) is 21.4. The Balaban J connectivity index is 1.58. The molecule has 0 bridgehead atoms. The molecule has 0 aromatic rings. The molecule has 4 fully saturated rings. The van der Waals surface area contributed by atoms with Gasteiger partial charge in [-0.3, -0.25) is 0 Å². The van der Waals surface area contributed by atoms with Gasteiger partial charge in [0.1, 0.15) is 19.7 Å². The van der Waals surface area contributed by atoms with Crippen LogP contribution < -0.4 is 0 Å². The molecule has 0 spiro atoms. The monoisotopic (exact) mass is 852 g/mol. The fraction of sp³-hybridized carbons (Fsp3) is 1.00. The van der Waals surface area contributed by atoms with Crippen molar-refractivity contribution in [2.45, 2.75) is 207 Å². The molecule has 4 aliphatic rings. The van der Waals surface area contributed by atoms with E-state index in [1.165, 1.54) is 0 Å². The van der Waals surface area contributed by atoms with Gasteiger partial charge in [0.05, 0.1) is 58.5 Å². The van der Waals surface area contributed by atoms with Gasteiger partial charge in [0.15, 0.2) is 16.6 Å². The summed E-state index contributed by atoms with van der Waals surface area (Å²) in [5.74, 6) is 2.09. The van der Waals surface area contributed by atoms with Crippen LogP contribution in [0, 0.1) is 0 Å². The predicted molar refractivity (Wildman–Crippen MR) is 230 cm³/mol. The number of methoxy groups -OCH3 is 2. The van der Waals surface area contributed by atoms with Crippen molar-refractivity contribution in [3.63, 3.8) is 0 Å². The van der Waals surface area contributed by atoms with Crippen molar-refractivity contribution in [3.8, 4) is 0 Å². The van der Waals surface area contributed by atoms with Gasteiger partial charge in [-0.25, -0.2) is 0 Å². The van der Waals surface area contributed by atoms with Crippen molar-refractivity contribution in [1.29, 1.82) is 0 Å². The maximum Gasteiger partial charge on any atom is 0.192 e. The van der Waals surface area contributed by atoms with E-state index in [1.807, 2.05) is 23.5 Å². The molecule has 4 rings (SSSR count). The zero-order chi connectivity index (χ0) is 40.5. The largest absolute Gasteiger partial charge is 0.414 e. The fourth-order valence-electron chi connectivity index (χ4n) is 8.66. The quantitative estimate of drug-likeness (QED) is 0.0718. The number of hydrogen-bond acceptors (Lipinski definition) is 12. The third kappa shape index (κ3) is 12.2. The van der Waals surface area contributed by atoms with Gasteiger partial charge in [-0.1, -0.05) is 41.5 Å². The number of fused-ring (bicyclic) bond motifs is 2. The van der Waals surface area contributed by atoms with Crippen molar-refractivity contribution in [2.75, 3.05) is 52.5 Å². The highest BCUT2D eigenvalue weighted by atomic mass is 32.2. The van der Waals surface area contributed by atoms with E-state index >= 15 is 0 Å². The molecule has 0 amide bonds. The van der Waals surface area contributed by atoms with Gasteiger partial charge in [0.2, 0.25) is 0 Å². The molecular weight excluding hydrogens is 773 g/mol. The van der Waals surface area contributed by atoms with Crippen LogP contribution >= 0.6 is 23.5 Å². The first-order valence-corrected chi connectivity index (χ1v) is 28.8.